The second-order valence-corrected chi connectivity index (χ2v) is 7.53. The van der Waals surface area contributed by atoms with E-state index in [-0.39, 0.29) is 5.41 Å². The molecule has 3 aromatic rings. The molecule has 1 aromatic carbocycles. The Morgan fingerprint density at radius 1 is 1.19 bits per heavy atom. The molecule has 2 heterocycles. The van der Waals surface area contributed by atoms with Gasteiger partial charge in [-0.1, -0.05) is 45.0 Å². The number of nitriles is 1. The molecule has 0 aliphatic rings. The molecular weight excluding hydrogens is 324 g/mol. The van der Waals surface area contributed by atoms with Crippen LogP contribution in [0.2, 0.25) is 0 Å². The van der Waals surface area contributed by atoms with Crippen LogP contribution in [0.15, 0.2) is 48.8 Å². The summed E-state index contributed by atoms with van der Waals surface area (Å²) in [6, 6.07) is 13.8. The van der Waals surface area contributed by atoms with Crippen molar-refractivity contribution in [3.63, 3.8) is 0 Å². The molecule has 1 unspecified atom stereocenters. The zero-order chi connectivity index (χ0) is 18.7. The van der Waals surface area contributed by atoms with Gasteiger partial charge in [-0.25, -0.2) is 4.98 Å². The van der Waals surface area contributed by atoms with Gasteiger partial charge in [-0.05, 0) is 28.7 Å². The van der Waals surface area contributed by atoms with E-state index in [0.717, 1.165) is 16.9 Å². The van der Waals surface area contributed by atoms with E-state index < -0.39 is 6.10 Å². The smallest absolute Gasteiger partial charge is 0.137 e. The third-order valence-electron chi connectivity index (χ3n) is 4.52. The summed E-state index contributed by atoms with van der Waals surface area (Å²) in [6.07, 6.45) is 2.99. The van der Waals surface area contributed by atoms with Gasteiger partial charge in [0.25, 0.3) is 0 Å². The van der Waals surface area contributed by atoms with E-state index in [2.05, 4.69) is 49.3 Å². The van der Waals surface area contributed by atoms with Crippen molar-refractivity contribution in [1.82, 2.24) is 14.7 Å². The van der Waals surface area contributed by atoms with Crippen molar-refractivity contribution in [2.75, 3.05) is 6.54 Å². The summed E-state index contributed by atoms with van der Waals surface area (Å²) in [6.45, 7) is 7.53. The number of aliphatic hydroxyl groups is 1. The van der Waals surface area contributed by atoms with E-state index in [1.54, 1.807) is 18.5 Å². The fourth-order valence-electron chi connectivity index (χ4n) is 2.89. The SMILES string of the molecule is CC(C)(C)c1ccc(C(O)CNCc2cnc3ccc(C#N)cn23)cc1. The fraction of sp³-hybridized carbons (Fsp3) is 0.333. The highest BCUT2D eigenvalue weighted by Crippen LogP contribution is 2.23. The van der Waals surface area contributed by atoms with E-state index in [1.807, 2.05) is 22.6 Å². The Kier molecular flexibility index (Phi) is 5.08. The van der Waals surface area contributed by atoms with E-state index in [1.165, 1.54) is 5.56 Å². The maximum Gasteiger partial charge on any atom is 0.137 e. The van der Waals surface area contributed by atoms with Crippen molar-refractivity contribution >= 4 is 5.65 Å². The topological polar surface area (TPSA) is 73.3 Å². The van der Waals surface area contributed by atoms with Crippen LogP contribution in [0.1, 0.15) is 49.3 Å². The first-order chi connectivity index (χ1) is 12.4. The fourth-order valence-corrected chi connectivity index (χ4v) is 2.89. The van der Waals surface area contributed by atoms with Crippen molar-refractivity contribution in [3.8, 4) is 6.07 Å². The molecule has 0 spiro atoms. The predicted molar refractivity (Wildman–Crippen MR) is 102 cm³/mol. The zero-order valence-electron chi connectivity index (χ0n) is 15.4. The van der Waals surface area contributed by atoms with Crippen molar-refractivity contribution in [2.24, 2.45) is 0 Å². The molecule has 5 heteroatoms. The van der Waals surface area contributed by atoms with Crippen molar-refractivity contribution in [3.05, 3.63) is 71.2 Å². The molecule has 1 atom stereocenters. The molecule has 0 aliphatic carbocycles. The summed E-state index contributed by atoms with van der Waals surface area (Å²) in [4.78, 5) is 4.33. The normalized spacial score (nSPS) is 12.9. The first kappa shape index (κ1) is 18.1. The largest absolute Gasteiger partial charge is 0.387 e. The molecule has 2 N–H and O–H groups in total. The Morgan fingerprint density at radius 3 is 2.58 bits per heavy atom. The molecular formula is C21H24N4O. The number of benzene rings is 1. The van der Waals surface area contributed by atoms with Crippen LogP contribution in [-0.2, 0) is 12.0 Å². The predicted octanol–water partition coefficient (Wildman–Crippen LogP) is 3.33. The molecule has 26 heavy (non-hydrogen) atoms. The van der Waals surface area contributed by atoms with Gasteiger partial charge in [-0.3, -0.25) is 0 Å². The minimum Gasteiger partial charge on any atom is -0.387 e. The second-order valence-electron chi connectivity index (χ2n) is 7.53. The zero-order valence-corrected chi connectivity index (χ0v) is 15.4. The van der Waals surface area contributed by atoms with Crippen LogP contribution >= 0.6 is 0 Å². The summed E-state index contributed by atoms with van der Waals surface area (Å²) >= 11 is 0. The summed E-state index contributed by atoms with van der Waals surface area (Å²) in [5.74, 6) is 0. The van der Waals surface area contributed by atoms with Crippen LogP contribution in [0.25, 0.3) is 5.65 Å². The van der Waals surface area contributed by atoms with Gasteiger partial charge in [0.2, 0.25) is 0 Å². The lowest BCUT2D eigenvalue weighted by molar-refractivity contribution is 0.174. The molecule has 0 saturated carbocycles. The van der Waals surface area contributed by atoms with Crippen LogP contribution in [-0.4, -0.2) is 21.0 Å². The molecule has 5 nitrogen and oxygen atoms in total. The molecule has 0 fully saturated rings. The Labute approximate surface area is 153 Å². The lowest BCUT2D eigenvalue weighted by Crippen LogP contribution is -2.22. The number of hydrogen-bond donors (Lipinski definition) is 2. The maximum atomic E-state index is 10.4. The Balaban J connectivity index is 1.62. The monoisotopic (exact) mass is 348 g/mol. The van der Waals surface area contributed by atoms with Gasteiger partial charge >= 0.3 is 0 Å². The average molecular weight is 348 g/mol. The van der Waals surface area contributed by atoms with E-state index in [9.17, 15) is 5.11 Å². The molecule has 134 valence electrons. The third kappa shape index (κ3) is 3.93. The van der Waals surface area contributed by atoms with Gasteiger partial charge in [-0.2, -0.15) is 5.26 Å². The van der Waals surface area contributed by atoms with Crippen LogP contribution in [0.5, 0.6) is 0 Å². The number of aromatic nitrogens is 2. The number of fused-ring (bicyclic) bond motifs is 1. The van der Waals surface area contributed by atoms with E-state index >= 15 is 0 Å². The van der Waals surface area contributed by atoms with Gasteiger partial charge in [0, 0.05) is 19.3 Å². The molecule has 0 amide bonds. The quantitative estimate of drug-likeness (QED) is 0.742. The first-order valence-corrected chi connectivity index (χ1v) is 8.74. The minimum atomic E-state index is -0.571. The number of nitrogens with zero attached hydrogens (tertiary/aromatic N) is 3. The molecule has 0 saturated heterocycles. The van der Waals surface area contributed by atoms with E-state index in [0.29, 0.717) is 18.7 Å². The number of pyridine rings is 1. The van der Waals surface area contributed by atoms with Gasteiger partial charge < -0.3 is 14.8 Å². The summed E-state index contributed by atoms with van der Waals surface area (Å²) in [5, 5.41) is 22.7. The first-order valence-electron chi connectivity index (χ1n) is 8.74. The van der Waals surface area contributed by atoms with Gasteiger partial charge in [0.1, 0.15) is 11.7 Å². The highest BCUT2D eigenvalue weighted by molar-refractivity contribution is 5.44. The third-order valence-corrected chi connectivity index (χ3v) is 4.52. The molecule has 0 bridgehead atoms. The Hall–Kier alpha value is -2.68. The van der Waals surface area contributed by atoms with Crippen LogP contribution in [0.3, 0.4) is 0 Å². The number of aliphatic hydroxyl groups excluding tert-OH is 1. The van der Waals surface area contributed by atoms with Crippen molar-refractivity contribution in [2.45, 2.75) is 38.8 Å². The lowest BCUT2D eigenvalue weighted by Gasteiger charge is -2.20. The van der Waals surface area contributed by atoms with E-state index in [4.69, 9.17) is 5.26 Å². The minimum absolute atomic E-state index is 0.104. The Bertz CT molecular complexity index is 929. The molecule has 0 aliphatic heterocycles. The van der Waals surface area contributed by atoms with Crippen LogP contribution in [0.4, 0.5) is 0 Å². The summed E-state index contributed by atoms with van der Waals surface area (Å²) in [5.41, 5.74) is 4.60. The molecule has 3 rings (SSSR count). The van der Waals surface area contributed by atoms with Gasteiger partial charge in [0.15, 0.2) is 0 Å². The van der Waals surface area contributed by atoms with Gasteiger partial charge in [-0.15, -0.1) is 0 Å². The number of nitrogens with one attached hydrogen (secondary N) is 1. The number of rotatable bonds is 5. The van der Waals surface area contributed by atoms with Crippen molar-refractivity contribution in [1.29, 1.82) is 5.26 Å². The highest BCUT2D eigenvalue weighted by atomic mass is 16.3. The highest BCUT2D eigenvalue weighted by Gasteiger charge is 2.14. The Morgan fingerprint density at radius 2 is 1.92 bits per heavy atom. The number of hydrogen-bond acceptors (Lipinski definition) is 4. The van der Waals surface area contributed by atoms with Crippen molar-refractivity contribution < 1.29 is 5.11 Å². The van der Waals surface area contributed by atoms with Crippen LogP contribution < -0.4 is 5.32 Å². The van der Waals surface area contributed by atoms with Crippen LogP contribution in [0, 0.1) is 11.3 Å². The standard InChI is InChI=1S/C21H24N4O/c1-21(2,3)17-7-5-16(6-8-17)19(26)13-23-11-18-12-24-20-9-4-15(10-22)14-25(18)20/h4-9,12,14,19,23,26H,11,13H2,1-3H3. The lowest BCUT2D eigenvalue weighted by atomic mass is 9.86. The maximum absolute atomic E-state index is 10.4. The number of imidazole rings is 1. The molecule has 2 aromatic heterocycles. The summed E-state index contributed by atoms with van der Waals surface area (Å²) in [7, 11) is 0. The molecule has 0 radical (unpaired) electrons. The average Bonchev–Trinajstić information content (AvgIpc) is 3.03. The van der Waals surface area contributed by atoms with Gasteiger partial charge in [0.05, 0.1) is 23.6 Å². The summed E-state index contributed by atoms with van der Waals surface area (Å²) < 4.78 is 1.90. The second kappa shape index (κ2) is 7.28.